The summed E-state index contributed by atoms with van der Waals surface area (Å²) in [6, 6.07) is 0.130. The van der Waals surface area contributed by atoms with Gasteiger partial charge in [-0.15, -0.1) is 0 Å². The van der Waals surface area contributed by atoms with Gasteiger partial charge in [-0.2, -0.15) is 11.8 Å². The van der Waals surface area contributed by atoms with Crippen molar-refractivity contribution in [2.45, 2.75) is 45.7 Å². The van der Waals surface area contributed by atoms with Crippen LogP contribution in [0.4, 0.5) is 0 Å². The zero-order chi connectivity index (χ0) is 13.0. The molecule has 0 radical (unpaired) electrons. The molecule has 102 valence electrons. The largest absolute Gasteiger partial charge is 0.333 e. The van der Waals surface area contributed by atoms with Gasteiger partial charge in [-0.1, -0.05) is 13.8 Å². The normalized spacial score (nSPS) is 19.3. The van der Waals surface area contributed by atoms with Crippen molar-refractivity contribution < 1.29 is 0 Å². The molecule has 1 aromatic heterocycles. The van der Waals surface area contributed by atoms with Crippen LogP contribution < -0.4 is 5.73 Å². The van der Waals surface area contributed by atoms with Crippen LogP contribution in [-0.4, -0.2) is 21.1 Å². The fraction of sp³-hybridized carbons (Fsp3) is 0.786. The Labute approximate surface area is 115 Å². The Morgan fingerprint density at radius 3 is 2.83 bits per heavy atom. The Morgan fingerprint density at radius 1 is 1.44 bits per heavy atom. The number of nitrogens with two attached hydrogens (primary N) is 1. The molecule has 18 heavy (non-hydrogen) atoms. The zero-order valence-corrected chi connectivity index (χ0v) is 12.3. The summed E-state index contributed by atoms with van der Waals surface area (Å²) in [5.74, 6) is 4.07. The molecule has 2 N–H and O–H groups in total. The molecule has 1 aliphatic heterocycles. The summed E-state index contributed by atoms with van der Waals surface area (Å²) in [5.41, 5.74) is 7.49. The molecule has 1 unspecified atom stereocenters. The first-order chi connectivity index (χ1) is 8.66. The third-order valence-electron chi connectivity index (χ3n) is 3.65. The van der Waals surface area contributed by atoms with E-state index < -0.39 is 0 Å². The molecule has 1 saturated heterocycles. The summed E-state index contributed by atoms with van der Waals surface area (Å²) in [6.07, 6.45) is 7.61. The van der Waals surface area contributed by atoms with Crippen LogP contribution in [0.5, 0.6) is 0 Å². The SMILES string of the molecule is CC(C)CC(N)c1cncn1CC1CCSCC1. The van der Waals surface area contributed by atoms with Gasteiger partial charge < -0.3 is 10.3 Å². The molecule has 1 atom stereocenters. The third kappa shape index (κ3) is 3.75. The molecule has 1 fully saturated rings. The van der Waals surface area contributed by atoms with Gasteiger partial charge in [0.15, 0.2) is 0 Å². The molecule has 2 rings (SSSR count). The van der Waals surface area contributed by atoms with Crippen molar-refractivity contribution in [3.05, 3.63) is 18.2 Å². The fourth-order valence-electron chi connectivity index (χ4n) is 2.63. The second-order valence-electron chi connectivity index (χ2n) is 5.76. The first-order valence-electron chi connectivity index (χ1n) is 7.00. The van der Waals surface area contributed by atoms with Gasteiger partial charge in [-0.25, -0.2) is 4.98 Å². The highest BCUT2D eigenvalue weighted by Gasteiger charge is 2.18. The summed E-state index contributed by atoms with van der Waals surface area (Å²) in [6.45, 7) is 5.54. The monoisotopic (exact) mass is 267 g/mol. The molecule has 0 bridgehead atoms. The molecule has 4 heteroatoms. The van der Waals surface area contributed by atoms with Gasteiger partial charge in [0.25, 0.3) is 0 Å². The van der Waals surface area contributed by atoms with Gasteiger partial charge >= 0.3 is 0 Å². The summed E-state index contributed by atoms with van der Waals surface area (Å²) >= 11 is 2.08. The summed E-state index contributed by atoms with van der Waals surface area (Å²) in [7, 11) is 0. The highest BCUT2D eigenvalue weighted by Crippen LogP contribution is 2.26. The van der Waals surface area contributed by atoms with E-state index in [-0.39, 0.29) is 6.04 Å². The van der Waals surface area contributed by atoms with E-state index in [1.807, 2.05) is 12.5 Å². The van der Waals surface area contributed by atoms with Gasteiger partial charge in [0.1, 0.15) is 0 Å². The van der Waals surface area contributed by atoms with E-state index in [2.05, 4.69) is 35.2 Å². The Morgan fingerprint density at radius 2 is 2.17 bits per heavy atom. The number of hydrogen-bond acceptors (Lipinski definition) is 3. The standard InChI is InChI=1S/C14H25N3S/c1-11(2)7-13(15)14-8-16-10-17(14)9-12-3-5-18-6-4-12/h8,10-13H,3-7,9,15H2,1-2H3. The van der Waals surface area contributed by atoms with Crippen LogP contribution in [0.1, 0.15) is 44.8 Å². The number of hydrogen-bond donors (Lipinski definition) is 1. The van der Waals surface area contributed by atoms with Crippen molar-refractivity contribution in [2.24, 2.45) is 17.6 Å². The molecular weight excluding hydrogens is 242 g/mol. The number of aromatic nitrogens is 2. The van der Waals surface area contributed by atoms with E-state index >= 15 is 0 Å². The molecule has 2 heterocycles. The molecule has 1 aliphatic rings. The van der Waals surface area contributed by atoms with Crippen molar-refractivity contribution in [3.8, 4) is 0 Å². The first kappa shape index (κ1) is 13.9. The maximum absolute atomic E-state index is 6.28. The lowest BCUT2D eigenvalue weighted by atomic mass is 10.0. The Hall–Kier alpha value is -0.480. The summed E-state index contributed by atoms with van der Waals surface area (Å²) in [4.78, 5) is 4.29. The molecule has 0 spiro atoms. The van der Waals surface area contributed by atoms with E-state index in [0.29, 0.717) is 5.92 Å². The van der Waals surface area contributed by atoms with Crippen molar-refractivity contribution in [1.29, 1.82) is 0 Å². The average Bonchev–Trinajstić information content (AvgIpc) is 2.77. The van der Waals surface area contributed by atoms with E-state index in [1.165, 1.54) is 30.0 Å². The van der Waals surface area contributed by atoms with Crippen LogP contribution in [0.2, 0.25) is 0 Å². The minimum Gasteiger partial charge on any atom is -0.333 e. The van der Waals surface area contributed by atoms with Crippen LogP contribution in [0.3, 0.4) is 0 Å². The maximum atomic E-state index is 6.28. The quantitative estimate of drug-likeness (QED) is 0.891. The summed E-state index contributed by atoms with van der Waals surface area (Å²) in [5, 5.41) is 0. The topological polar surface area (TPSA) is 43.8 Å². The lowest BCUT2D eigenvalue weighted by Gasteiger charge is -2.24. The number of imidazole rings is 1. The number of nitrogens with zero attached hydrogens (tertiary/aromatic N) is 2. The lowest BCUT2D eigenvalue weighted by molar-refractivity contribution is 0.396. The highest BCUT2D eigenvalue weighted by atomic mass is 32.2. The number of rotatable bonds is 5. The highest BCUT2D eigenvalue weighted by molar-refractivity contribution is 7.99. The second kappa shape index (κ2) is 6.62. The minimum absolute atomic E-state index is 0.130. The van der Waals surface area contributed by atoms with Crippen LogP contribution in [0, 0.1) is 11.8 Å². The first-order valence-corrected chi connectivity index (χ1v) is 8.15. The molecule has 0 saturated carbocycles. The smallest absolute Gasteiger partial charge is 0.0948 e. The van der Waals surface area contributed by atoms with Gasteiger partial charge in [0, 0.05) is 18.8 Å². The van der Waals surface area contributed by atoms with Crippen molar-refractivity contribution in [3.63, 3.8) is 0 Å². The molecule has 0 aliphatic carbocycles. The fourth-order valence-corrected chi connectivity index (χ4v) is 3.83. The molecule has 3 nitrogen and oxygen atoms in total. The van der Waals surface area contributed by atoms with Gasteiger partial charge in [0.05, 0.1) is 12.0 Å². The van der Waals surface area contributed by atoms with Crippen LogP contribution >= 0.6 is 11.8 Å². The Balaban J connectivity index is 1.98. The Bertz CT molecular complexity index is 356. The molecule has 0 amide bonds. The molecule has 0 aromatic carbocycles. The van der Waals surface area contributed by atoms with E-state index in [9.17, 15) is 0 Å². The predicted octanol–water partition coefficient (Wildman–Crippen LogP) is 3.07. The third-order valence-corrected chi connectivity index (χ3v) is 4.69. The zero-order valence-electron chi connectivity index (χ0n) is 11.5. The average molecular weight is 267 g/mol. The van der Waals surface area contributed by atoms with Crippen LogP contribution in [0.15, 0.2) is 12.5 Å². The molecular formula is C14H25N3S. The van der Waals surface area contributed by atoms with Crippen LogP contribution in [0.25, 0.3) is 0 Å². The van der Waals surface area contributed by atoms with Gasteiger partial charge in [-0.05, 0) is 42.6 Å². The van der Waals surface area contributed by atoms with Crippen molar-refractivity contribution in [2.75, 3.05) is 11.5 Å². The van der Waals surface area contributed by atoms with E-state index in [4.69, 9.17) is 5.73 Å². The maximum Gasteiger partial charge on any atom is 0.0948 e. The van der Waals surface area contributed by atoms with Crippen LogP contribution in [-0.2, 0) is 6.54 Å². The predicted molar refractivity (Wildman–Crippen MR) is 78.7 cm³/mol. The lowest BCUT2D eigenvalue weighted by Crippen LogP contribution is -2.21. The second-order valence-corrected chi connectivity index (χ2v) is 6.99. The Kier molecular flexibility index (Phi) is 5.13. The molecule has 1 aromatic rings. The van der Waals surface area contributed by atoms with E-state index in [0.717, 1.165) is 18.9 Å². The van der Waals surface area contributed by atoms with E-state index in [1.54, 1.807) is 0 Å². The van der Waals surface area contributed by atoms with Gasteiger partial charge in [-0.3, -0.25) is 0 Å². The summed E-state index contributed by atoms with van der Waals surface area (Å²) < 4.78 is 2.29. The van der Waals surface area contributed by atoms with Gasteiger partial charge in [0.2, 0.25) is 0 Å². The number of thioether (sulfide) groups is 1. The van der Waals surface area contributed by atoms with Crippen molar-refractivity contribution in [1.82, 2.24) is 9.55 Å². The van der Waals surface area contributed by atoms with Crippen molar-refractivity contribution >= 4 is 11.8 Å². The minimum atomic E-state index is 0.130.